The zero-order valence-electron chi connectivity index (χ0n) is 15.0. The highest BCUT2D eigenvalue weighted by molar-refractivity contribution is 5.98. The Kier molecular flexibility index (Phi) is 4.31. The highest BCUT2D eigenvalue weighted by atomic mass is 16.5. The number of fused-ring (bicyclic) bond motifs is 1. The molecule has 4 N–H and O–H groups in total. The van der Waals surface area contributed by atoms with Crippen molar-refractivity contribution >= 4 is 22.7 Å². The number of nitrogens with zero attached hydrogens (tertiary/aromatic N) is 2. The van der Waals surface area contributed by atoms with Crippen LogP contribution in [0.1, 0.15) is 45.4 Å². The SMILES string of the molecule is COc1ccc2cc(C(=O)N3CCC(c4cc(C(N)=O)n[nH]4)CC3)[nH]c2c1. The van der Waals surface area contributed by atoms with E-state index in [9.17, 15) is 9.59 Å². The molecule has 0 bridgehead atoms. The van der Waals surface area contributed by atoms with Crippen LogP contribution in [-0.4, -0.2) is 52.1 Å². The maximum absolute atomic E-state index is 12.8. The molecule has 0 atom stereocenters. The molecular weight excluding hydrogens is 346 g/mol. The van der Waals surface area contributed by atoms with E-state index < -0.39 is 5.91 Å². The number of ether oxygens (including phenoxy) is 1. The second-order valence-electron chi connectivity index (χ2n) is 6.78. The molecule has 0 aliphatic carbocycles. The molecule has 0 spiro atoms. The van der Waals surface area contributed by atoms with Gasteiger partial charge in [-0.25, -0.2) is 0 Å². The van der Waals surface area contributed by atoms with Crippen LogP contribution in [0.5, 0.6) is 5.75 Å². The van der Waals surface area contributed by atoms with Gasteiger partial charge in [0.2, 0.25) is 0 Å². The maximum atomic E-state index is 12.8. The number of aromatic amines is 2. The van der Waals surface area contributed by atoms with Crippen LogP contribution in [-0.2, 0) is 0 Å². The molecule has 2 aromatic heterocycles. The van der Waals surface area contributed by atoms with Crippen LogP contribution in [0.3, 0.4) is 0 Å². The van der Waals surface area contributed by atoms with E-state index in [0.29, 0.717) is 18.8 Å². The number of carbonyl (C=O) groups is 2. The summed E-state index contributed by atoms with van der Waals surface area (Å²) in [6.07, 6.45) is 1.61. The van der Waals surface area contributed by atoms with E-state index in [-0.39, 0.29) is 17.5 Å². The molecule has 1 saturated heterocycles. The maximum Gasteiger partial charge on any atom is 0.270 e. The number of likely N-dealkylation sites (tertiary alicyclic amines) is 1. The normalized spacial score (nSPS) is 15.2. The van der Waals surface area contributed by atoms with Crippen LogP contribution < -0.4 is 10.5 Å². The van der Waals surface area contributed by atoms with E-state index in [2.05, 4.69) is 15.2 Å². The summed E-state index contributed by atoms with van der Waals surface area (Å²) in [7, 11) is 1.62. The fourth-order valence-corrected chi connectivity index (χ4v) is 3.58. The minimum atomic E-state index is -0.541. The minimum Gasteiger partial charge on any atom is -0.497 e. The van der Waals surface area contributed by atoms with Crippen molar-refractivity contribution < 1.29 is 14.3 Å². The highest BCUT2D eigenvalue weighted by Gasteiger charge is 2.26. The second kappa shape index (κ2) is 6.79. The first-order valence-corrected chi connectivity index (χ1v) is 8.86. The topological polar surface area (TPSA) is 117 Å². The van der Waals surface area contributed by atoms with Gasteiger partial charge in [-0.1, -0.05) is 0 Å². The number of aromatic nitrogens is 3. The summed E-state index contributed by atoms with van der Waals surface area (Å²) >= 11 is 0. The third-order valence-electron chi connectivity index (χ3n) is 5.13. The first-order valence-electron chi connectivity index (χ1n) is 8.86. The van der Waals surface area contributed by atoms with E-state index in [1.807, 2.05) is 29.2 Å². The highest BCUT2D eigenvalue weighted by Crippen LogP contribution is 2.28. The van der Waals surface area contributed by atoms with Crippen molar-refractivity contribution in [1.29, 1.82) is 0 Å². The van der Waals surface area contributed by atoms with E-state index in [4.69, 9.17) is 10.5 Å². The average Bonchev–Trinajstić information content (AvgIpc) is 3.34. The summed E-state index contributed by atoms with van der Waals surface area (Å²) in [5.74, 6) is 0.437. The molecular formula is C19H21N5O3. The van der Waals surface area contributed by atoms with Crippen LogP contribution in [0.4, 0.5) is 0 Å². The lowest BCUT2D eigenvalue weighted by molar-refractivity contribution is 0.0707. The van der Waals surface area contributed by atoms with Crippen molar-refractivity contribution in [1.82, 2.24) is 20.1 Å². The first-order chi connectivity index (χ1) is 13.0. The molecule has 3 heterocycles. The average molecular weight is 367 g/mol. The molecule has 0 saturated carbocycles. The van der Waals surface area contributed by atoms with Crippen molar-refractivity contribution in [3.63, 3.8) is 0 Å². The van der Waals surface area contributed by atoms with Gasteiger partial charge in [0.25, 0.3) is 11.8 Å². The molecule has 1 aromatic carbocycles. The van der Waals surface area contributed by atoms with E-state index in [1.165, 1.54) is 0 Å². The lowest BCUT2D eigenvalue weighted by atomic mass is 9.93. The fraction of sp³-hybridized carbons (Fsp3) is 0.316. The zero-order valence-corrected chi connectivity index (χ0v) is 15.0. The Morgan fingerprint density at radius 1 is 1.22 bits per heavy atom. The molecule has 3 aromatic rings. The second-order valence-corrected chi connectivity index (χ2v) is 6.78. The molecule has 140 valence electrons. The Labute approximate surface area is 155 Å². The third kappa shape index (κ3) is 3.25. The van der Waals surface area contributed by atoms with Crippen molar-refractivity contribution in [3.8, 4) is 5.75 Å². The van der Waals surface area contributed by atoms with Crippen molar-refractivity contribution in [2.75, 3.05) is 20.2 Å². The molecule has 27 heavy (non-hydrogen) atoms. The predicted octanol–water partition coefficient (Wildman–Crippen LogP) is 2.02. The monoisotopic (exact) mass is 367 g/mol. The van der Waals surface area contributed by atoms with E-state index >= 15 is 0 Å². The molecule has 0 radical (unpaired) electrons. The lowest BCUT2D eigenvalue weighted by Crippen LogP contribution is -2.38. The summed E-state index contributed by atoms with van der Waals surface area (Å²) in [5.41, 5.74) is 7.85. The number of rotatable bonds is 4. The Balaban J connectivity index is 1.44. The van der Waals surface area contributed by atoms with E-state index in [1.54, 1.807) is 13.2 Å². The lowest BCUT2D eigenvalue weighted by Gasteiger charge is -2.31. The molecule has 4 rings (SSSR count). The van der Waals surface area contributed by atoms with Gasteiger partial charge in [0.15, 0.2) is 0 Å². The molecule has 8 nitrogen and oxygen atoms in total. The number of nitrogens with two attached hydrogens (primary N) is 1. The number of piperidine rings is 1. The quantitative estimate of drug-likeness (QED) is 0.654. The number of hydrogen-bond donors (Lipinski definition) is 3. The van der Waals surface area contributed by atoms with Gasteiger partial charge < -0.3 is 20.4 Å². The van der Waals surface area contributed by atoms with Crippen LogP contribution >= 0.6 is 0 Å². The molecule has 1 aliphatic rings. The van der Waals surface area contributed by atoms with Gasteiger partial charge in [-0.3, -0.25) is 14.7 Å². The summed E-state index contributed by atoms with van der Waals surface area (Å²) in [6, 6.07) is 9.27. The molecule has 0 unspecified atom stereocenters. The van der Waals surface area contributed by atoms with Crippen LogP contribution in [0.2, 0.25) is 0 Å². The van der Waals surface area contributed by atoms with Gasteiger partial charge in [-0.2, -0.15) is 5.10 Å². The first kappa shape index (κ1) is 17.1. The van der Waals surface area contributed by atoms with Crippen molar-refractivity contribution in [2.45, 2.75) is 18.8 Å². The van der Waals surface area contributed by atoms with Crippen LogP contribution in [0.15, 0.2) is 30.3 Å². The summed E-state index contributed by atoms with van der Waals surface area (Å²) in [6.45, 7) is 1.29. The number of amides is 2. The number of methoxy groups -OCH3 is 1. The Hall–Kier alpha value is -3.29. The summed E-state index contributed by atoms with van der Waals surface area (Å²) in [4.78, 5) is 29.1. The number of hydrogen-bond acceptors (Lipinski definition) is 4. The Morgan fingerprint density at radius 3 is 2.67 bits per heavy atom. The van der Waals surface area contributed by atoms with Gasteiger partial charge >= 0.3 is 0 Å². The zero-order chi connectivity index (χ0) is 19.0. The number of primary amides is 1. The Morgan fingerprint density at radius 2 is 2.00 bits per heavy atom. The number of carbonyl (C=O) groups excluding carboxylic acids is 2. The number of nitrogens with one attached hydrogen (secondary N) is 2. The van der Waals surface area contributed by atoms with Gasteiger partial charge in [0.1, 0.15) is 17.1 Å². The minimum absolute atomic E-state index is 0.00828. The standard InChI is InChI=1S/C19H21N5O3/c1-27-13-3-2-12-8-17(21-14(12)9-13)19(26)24-6-4-11(5-7-24)15-10-16(18(20)25)23-22-15/h2-3,8-11,21H,4-7H2,1H3,(H2,20,25)(H,22,23). The summed E-state index contributed by atoms with van der Waals surface area (Å²) < 4.78 is 5.23. The fourth-order valence-electron chi connectivity index (χ4n) is 3.58. The number of benzene rings is 1. The van der Waals surface area contributed by atoms with Gasteiger partial charge in [-0.05, 0) is 37.1 Å². The summed E-state index contributed by atoms with van der Waals surface area (Å²) in [5, 5.41) is 7.80. The largest absolute Gasteiger partial charge is 0.497 e. The molecule has 2 amide bonds. The predicted molar refractivity (Wildman–Crippen MR) is 99.8 cm³/mol. The van der Waals surface area contributed by atoms with Crippen LogP contribution in [0, 0.1) is 0 Å². The van der Waals surface area contributed by atoms with Gasteiger partial charge in [0.05, 0.1) is 7.11 Å². The number of H-pyrrole nitrogens is 2. The van der Waals surface area contributed by atoms with Crippen LogP contribution in [0.25, 0.3) is 10.9 Å². The van der Waals surface area contributed by atoms with E-state index in [0.717, 1.165) is 35.2 Å². The van der Waals surface area contributed by atoms with Gasteiger partial charge in [0, 0.05) is 41.7 Å². The van der Waals surface area contributed by atoms with Gasteiger partial charge in [-0.15, -0.1) is 0 Å². The molecule has 1 aliphatic heterocycles. The molecule has 1 fully saturated rings. The Bertz CT molecular complexity index is 998. The molecule has 8 heteroatoms. The van der Waals surface area contributed by atoms with Crippen molar-refractivity contribution in [3.05, 3.63) is 47.4 Å². The smallest absolute Gasteiger partial charge is 0.270 e. The van der Waals surface area contributed by atoms with Crippen molar-refractivity contribution in [2.24, 2.45) is 5.73 Å². The third-order valence-corrected chi connectivity index (χ3v) is 5.13.